The summed E-state index contributed by atoms with van der Waals surface area (Å²) >= 11 is 0. The number of benzene rings is 2. The van der Waals surface area contributed by atoms with Gasteiger partial charge in [0.15, 0.2) is 0 Å². The van der Waals surface area contributed by atoms with Gasteiger partial charge in [0, 0.05) is 11.8 Å². The topological polar surface area (TPSA) is 113 Å². The molecule has 0 aromatic heterocycles. The first kappa shape index (κ1) is 14.3. The lowest BCUT2D eigenvalue weighted by atomic mass is 10.1. The molecule has 0 aliphatic rings. The van der Waals surface area contributed by atoms with Crippen LogP contribution in [-0.4, -0.2) is 22.1 Å². The van der Waals surface area contributed by atoms with E-state index in [-0.39, 0.29) is 22.5 Å². The van der Waals surface area contributed by atoms with Gasteiger partial charge in [0.25, 0.3) is 5.91 Å². The van der Waals surface area contributed by atoms with Gasteiger partial charge in [-0.3, -0.25) is 4.79 Å². The summed E-state index contributed by atoms with van der Waals surface area (Å²) in [4.78, 5) is 22.7. The van der Waals surface area contributed by atoms with Crippen LogP contribution in [0.3, 0.4) is 0 Å². The summed E-state index contributed by atoms with van der Waals surface area (Å²) in [6, 6.07) is 7.33. The molecule has 6 nitrogen and oxygen atoms in total. The zero-order valence-corrected chi connectivity index (χ0v) is 10.6. The molecule has 5 N–H and O–H groups in total. The van der Waals surface area contributed by atoms with Crippen LogP contribution in [0.2, 0.25) is 0 Å². The van der Waals surface area contributed by atoms with E-state index in [0.29, 0.717) is 0 Å². The van der Waals surface area contributed by atoms with Crippen molar-refractivity contribution in [2.24, 2.45) is 0 Å². The minimum absolute atomic E-state index is 0.0585. The first-order chi connectivity index (χ1) is 9.90. The average molecular weight is 290 g/mol. The Morgan fingerprint density at radius 2 is 1.86 bits per heavy atom. The van der Waals surface area contributed by atoms with Crippen molar-refractivity contribution < 1.29 is 24.2 Å². The van der Waals surface area contributed by atoms with E-state index >= 15 is 0 Å². The Labute approximate surface area is 118 Å². The molecular weight excluding hydrogens is 279 g/mol. The number of rotatable bonds is 3. The minimum atomic E-state index is -1.29. The van der Waals surface area contributed by atoms with Gasteiger partial charge in [-0.2, -0.15) is 0 Å². The number of amides is 1. The second kappa shape index (κ2) is 5.49. The van der Waals surface area contributed by atoms with Crippen molar-refractivity contribution >= 4 is 23.3 Å². The van der Waals surface area contributed by atoms with Crippen LogP contribution >= 0.6 is 0 Å². The molecule has 21 heavy (non-hydrogen) atoms. The smallest absolute Gasteiger partial charge is 0.339 e. The van der Waals surface area contributed by atoms with Gasteiger partial charge in [-0.05, 0) is 24.3 Å². The number of aromatic hydroxyl groups is 1. The number of hydrogen-bond acceptors (Lipinski definition) is 4. The molecule has 2 rings (SSSR count). The van der Waals surface area contributed by atoms with E-state index in [2.05, 4.69) is 5.32 Å². The quantitative estimate of drug-likeness (QED) is 0.646. The maximum Gasteiger partial charge on any atom is 0.339 e. The highest BCUT2D eigenvalue weighted by atomic mass is 19.1. The molecule has 0 unspecified atom stereocenters. The molecule has 7 heteroatoms. The maximum atomic E-state index is 13.3. The van der Waals surface area contributed by atoms with Gasteiger partial charge in [-0.25, -0.2) is 9.18 Å². The molecule has 0 bridgehead atoms. The van der Waals surface area contributed by atoms with Crippen LogP contribution in [0.15, 0.2) is 36.4 Å². The Morgan fingerprint density at radius 3 is 2.48 bits per heavy atom. The summed E-state index contributed by atoms with van der Waals surface area (Å²) in [6.07, 6.45) is 0. The number of phenols is 1. The number of nitrogens with two attached hydrogens (primary N) is 1. The molecule has 2 aromatic carbocycles. The monoisotopic (exact) mass is 290 g/mol. The molecule has 0 radical (unpaired) electrons. The molecule has 108 valence electrons. The largest absolute Gasteiger partial charge is 0.507 e. The molecular formula is C14H11FN2O4. The van der Waals surface area contributed by atoms with Crippen molar-refractivity contribution in [2.45, 2.75) is 0 Å². The zero-order valence-electron chi connectivity index (χ0n) is 10.6. The van der Waals surface area contributed by atoms with Gasteiger partial charge in [-0.1, -0.05) is 6.07 Å². The molecule has 2 aromatic rings. The fraction of sp³-hybridized carbons (Fsp3) is 0. The number of aromatic carboxylic acids is 1. The predicted molar refractivity (Wildman–Crippen MR) is 73.8 cm³/mol. The van der Waals surface area contributed by atoms with Crippen molar-refractivity contribution in [3.63, 3.8) is 0 Å². The van der Waals surface area contributed by atoms with Crippen molar-refractivity contribution in [3.8, 4) is 5.75 Å². The highest BCUT2D eigenvalue weighted by Gasteiger charge is 2.14. The number of carbonyl (C=O) groups is 2. The Bertz CT molecular complexity index is 731. The van der Waals surface area contributed by atoms with Crippen LogP contribution < -0.4 is 11.1 Å². The lowest BCUT2D eigenvalue weighted by Crippen LogP contribution is -2.15. The number of para-hydroxylation sites is 1. The highest BCUT2D eigenvalue weighted by Crippen LogP contribution is 2.23. The Hall–Kier alpha value is -3.09. The van der Waals surface area contributed by atoms with E-state index in [1.54, 1.807) is 0 Å². The molecule has 0 aliphatic heterocycles. The first-order valence-corrected chi connectivity index (χ1v) is 5.82. The van der Waals surface area contributed by atoms with Crippen LogP contribution in [0, 0.1) is 5.82 Å². The summed E-state index contributed by atoms with van der Waals surface area (Å²) in [5.74, 6) is -3.17. The summed E-state index contributed by atoms with van der Waals surface area (Å²) in [7, 11) is 0. The second-order valence-electron chi connectivity index (χ2n) is 4.19. The number of carboxylic acid groups (broad SMARTS) is 1. The summed E-state index contributed by atoms with van der Waals surface area (Å²) in [5, 5.41) is 20.7. The molecule has 0 atom stereocenters. The van der Waals surface area contributed by atoms with Crippen molar-refractivity contribution in [1.82, 2.24) is 0 Å². The van der Waals surface area contributed by atoms with E-state index in [4.69, 9.17) is 10.8 Å². The van der Waals surface area contributed by atoms with E-state index in [0.717, 1.165) is 18.2 Å². The van der Waals surface area contributed by atoms with Crippen molar-refractivity contribution in [3.05, 3.63) is 53.3 Å². The van der Waals surface area contributed by atoms with E-state index in [1.807, 2.05) is 0 Å². The van der Waals surface area contributed by atoms with E-state index < -0.39 is 23.4 Å². The van der Waals surface area contributed by atoms with Crippen LogP contribution in [0.25, 0.3) is 0 Å². The van der Waals surface area contributed by atoms with Crippen LogP contribution in [0.5, 0.6) is 5.75 Å². The van der Waals surface area contributed by atoms with Gasteiger partial charge in [0.1, 0.15) is 17.1 Å². The van der Waals surface area contributed by atoms with Gasteiger partial charge < -0.3 is 21.3 Å². The van der Waals surface area contributed by atoms with E-state index in [9.17, 15) is 19.1 Å². The molecule has 0 spiro atoms. The zero-order chi connectivity index (χ0) is 15.6. The molecule has 0 aliphatic carbocycles. The summed E-state index contributed by atoms with van der Waals surface area (Å²) in [6.45, 7) is 0. The van der Waals surface area contributed by atoms with Crippen molar-refractivity contribution in [2.75, 3.05) is 11.1 Å². The standard InChI is InChI=1S/C14H11FN2O4/c15-10-3-1-2-9(12(10)16)13(19)17-7-4-5-8(14(20)21)11(18)6-7/h1-6,18H,16H2,(H,17,19)(H,20,21). The van der Waals surface area contributed by atoms with Gasteiger partial charge >= 0.3 is 5.97 Å². The average Bonchev–Trinajstić information content (AvgIpc) is 2.41. The maximum absolute atomic E-state index is 13.3. The number of carboxylic acids is 1. The number of carbonyl (C=O) groups excluding carboxylic acids is 1. The first-order valence-electron chi connectivity index (χ1n) is 5.82. The van der Waals surface area contributed by atoms with Gasteiger partial charge in [-0.15, -0.1) is 0 Å². The summed E-state index contributed by atoms with van der Waals surface area (Å²) in [5.41, 5.74) is 4.98. The second-order valence-corrected chi connectivity index (χ2v) is 4.19. The molecule has 0 saturated carbocycles. The number of nitrogen functional groups attached to an aromatic ring is 1. The SMILES string of the molecule is Nc1c(F)cccc1C(=O)Nc1ccc(C(=O)O)c(O)c1. The Morgan fingerprint density at radius 1 is 1.14 bits per heavy atom. The van der Waals surface area contributed by atoms with Crippen LogP contribution in [0.4, 0.5) is 15.8 Å². The Kier molecular flexibility index (Phi) is 3.75. The molecule has 0 saturated heterocycles. The highest BCUT2D eigenvalue weighted by molar-refractivity contribution is 6.08. The van der Waals surface area contributed by atoms with Crippen LogP contribution in [-0.2, 0) is 0 Å². The number of nitrogens with one attached hydrogen (secondary N) is 1. The minimum Gasteiger partial charge on any atom is -0.507 e. The number of hydrogen-bond donors (Lipinski definition) is 4. The lowest BCUT2D eigenvalue weighted by Gasteiger charge is -2.09. The number of anilines is 2. The molecule has 0 heterocycles. The van der Waals surface area contributed by atoms with Gasteiger partial charge in [0.2, 0.25) is 0 Å². The third kappa shape index (κ3) is 2.92. The third-order valence-electron chi connectivity index (χ3n) is 2.78. The molecule has 0 fully saturated rings. The summed E-state index contributed by atoms with van der Waals surface area (Å²) < 4.78 is 13.3. The fourth-order valence-corrected chi connectivity index (χ4v) is 1.72. The Balaban J connectivity index is 2.26. The fourth-order valence-electron chi connectivity index (χ4n) is 1.72. The van der Waals surface area contributed by atoms with Crippen molar-refractivity contribution in [1.29, 1.82) is 0 Å². The van der Waals surface area contributed by atoms with E-state index in [1.165, 1.54) is 18.2 Å². The van der Waals surface area contributed by atoms with Gasteiger partial charge in [0.05, 0.1) is 11.3 Å². The molecule has 1 amide bonds. The third-order valence-corrected chi connectivity index (χ3v) is 2.78. The lowest BCUT2D eigenvalue weighted by molar-refractivity contribution is 0.0693. The normalized spacial score (nSPS) is 10.1. The van der Waals surface area contributed by atoms with Crippen LogP contribution in [0.1, 0.15) is 20.7 Å². The number of halogens is 1. The predicted octanol–water partition coefficient (Wildman–Crippen LogP) is 2.06.